The highest BCUT2D eigenvalue weighted by Gasteiger charge is 1.76. The summed E-state index contributed by atoms with van der Waals surface area (Å²) in [5.41, 5.74) is 0. The highest BCUT2D eigenvalue weighted by molar-refractivity contribution is 6.30. The van der Waals surface area contributed by atoms with Crippen LogP contribution in [-0.4, -0.2) is 0 Å². The van der Waals surface area contributed by atoms with Gasteiger partial charge in [-0.3, -0.25) is 9.78 Å². The lowest BCUT2D eigenvalue weighted by Gasteiger charge is -1.94. The molecule has 1 aliphatic heterocycles. The van der Waals surface area contributed by atoms with Crippen LogP contribution < -0.4 is 0 Å². The highest BCUT2D eigenvalue weighted by Crippen LogP contribution is 2.03. The van der Waals surface area contributed by atoms with Crippen molar-refractivity contribution in [3.8, 4) is 0 Å². The van der Waals surface area contributed by atoms with Gasteiger partial charge in [-0.1, -0.05) is 29.8 Å². The van der Waals surface area contributed by atoms with Crippen LogP contribution in [0.1, 0.15) is 0 Å². The van der Waals surface area contributed by atoms with E-state index in [-0.39, 0.29) is 0 Å². The molecule has 0 unspecified atom stereocenters. The largest absolute Gasteiger partial charge is 0.299 e. The van der Waals surface area contributed by atoms with Crippen LogP contribution in [0.4, 0.5) is 0 Å². The summed E-state index contributed by atoms with van der Waals surface area (Å²) < 4.78 is 0. The lowest BCUT2D eigenvalue weighted by atomic mass is 10.4. The molecule has 0 aromatic heterocycles. The van der Waals surface area contributed by atoms with E-state index in [0.717, 1.165) is 5.02 Å². The lowest BCUT2D eigenvalue weighted by molar-refractivity contribution is -0.198. The molecule has 0 atom stereocenters. The first-order chi connectivity index (χ1) is 6.39. The molecule has 3 heteroatoms. The number of halogens is 1. The topological polar surface area (TPSA) is 18.5 Å². The highest BCUT2D eigenvalue weighted by atomic mass is 35.5. The molecule has 68 valence electrons. The molecule has 2 rings (SSSR count). The summed E-state index contributed by atoms with van der Waals surface area (Å²) in [5.74, 6) is 0. The summed E-state index contributed by atoms with van der Waals surface area (Å²) in [6.45, 7) is 0. The van der Waals surface area contributed by atoms with E-state index in [1.54, 1.807) is 12.2 Å². The van der Waals surface area contributed by atoms with Crippen LogP contribution in [0.25, 0.3) is 0 Å². The van der Waals surface area contributed by atoms with Crippen molar-refractivity contribution < 1.29 is 9.78 Å². The molecule has 0 saturated heterocycles. The summed E-state index contributed by atoms with van der Waals surface area (Å²) in [6.07, 6.45) is 6.40. The Kier molecular flexibility index (Phi) is 4.57. The number of rotatable bonds is 0. The van der Waals surface area contributed by atoms with Crippen molar-refractivity contribution in [3.63, 3.8) is 0 Å². The van der Waals surface area contributed by atoms with Gasteiger partial charge in [0.1, 0.15) is 12.5 Å². The van der Waals surface area contributed by atoms with Crippen molar-refractivity contribution in [1.29, 1.82) is 0 Å². The van der Waals surface area contributed by atoms with Crippen LogP contribution in [0.2, 0.25) is 5.02 Å². The molecule has 0 saturated carbocycles. The van der Waals surface area contributed by atoms with E-state index in [4.69, 9.17) is 11.6 Å². The monoisotopic (exact) mass is 196 g/mol. The molecular weight excluding hydrogens is 188 g/mol. The van der Waals surface area contributed by atoms with Crippen LogP contribution in [0.15, 0.2) is 55.0 Å². The summed E-state index contributed by atoms with van der Waals surface area (Å²) >= 11 is 5.54. The Bertz CT molecular complexity index is 268. The summed E-state index contributed by atoms with van der Waals surface area (Å²) in [4.78, 5) is 8.60. The van der Waals surface area contributed by atoms with Gasteiger partial charge < -0.3 is 0 Å². The molecule has 0 fully saturated rings. The molecule has 0 amide bonds. The van der Waals surface area contributed by atoms with Gasteiger partial charge in [0, 0.05) is 5.02 Å². The second kappa shape index (κ2) is 6.14. The van der Waals surface area contributed by atoms with Gasteiger partial charge in [0.15, 0.2) is 0 Å². The fourth-order valence-electron chi connectivity index (χ4n) is 0.634. The zero-order valence-corrected chi connectivity index (χ0v) is 7.65. The molecule has 0 spiro atoms. The van der Waals surface area contributed by atoms with Crippen molar-refractivity contribution >= 4 is 11.6 Å². The maximum Gasteiger partial charge on any atom is 0.142 e. The SMILES string of the molecule is C1=COOC=C1.Clc1ccccc1. The molecule has 0 N–H and O–H groups in total. The smallest absolute Gasteiger partial charge is 0.142 e. The average Bonchev–Trinajstić information content (AvgIpc) is 2.22. The predicted octanol–water partition coefficient (Wildman–Crippen LogP) is 3.32. The standard InChI is InChI=1S/C6H5Cl.C4H4O2/c7-6-4-2-1-3-5-6;1-2-4-6-5-3-1/h1-5H;1-4H. The Balaban J connectivity index is 0.000000132. The molecule has 1 aromatic rings. The third-order valence-electron chi connectivity index (χ3n) is 1.17. The van der Waals surface area contributed by atoms with Gasteiger partial charge in [-0.25, -0.2) is 0 Å². The Morgan fingerprint density at radius 3 is 1.62 bits per heavy atom. The van der Waals surface area contributed by atoms with E-state index >= 15 is 0 Å². The number of benzene rings is 1. The Morgan fingerprint density at radius 2 is 1.38 bits per heavy atom. The summed E-state index contributed by atoms with van der Waals surface area (Å²) in [6, 6.07) is 9.44. The summed E-state index contributed by atoms with van der Waals surface area (Å²) in [7, 11) is 0. The maximum absolute atomic E-state index is 5.54. The zero-order valence-electron chi connectivity index (χ0n) is 6.89. The van der Waals surface area contributed by atoms with Crippen molar-refractivity contribution in [3.05, 3.63) is 60.0 Å². The van der Waals surface area contributed by atoms with E-state index in [0.29, 0.717) is 0 Å². The number of allylic oxidation sites excluding steroid dienone is 2. The van der Waals surface area contributed by atoms with E-state index in [2.05, 4.69) is 9.78 Å². The first-order valence-corrected chi connectivity index (χ1v) is 4.12. The number of hydrogen-bond donors (Lipinski definition) is 0. The quantitative estimate of drug-likeness (QED) is 0.593. The summed E-state index contributed by atoms with van der Waals surface area (Å²) in [5, 5.41) is 0.794. The molecular formula is C10H9ClO2. The molecule has 0 radical (unpaired) electrons. The molecule has 1 aromatic carbocycles. The molecule has 0 aliphatic carbocycles. The van der Waals surface area contributed by atoms with Gasteiger partial charge in [-0.2, -0.15) is 0 Å². The van der Waals surface area contributed by atoms with E-state index < -0.39 is 0 Å². The van der Waals surface area contributed by atoms with E-state index in [1.807, 2.05) is 30.3 Å². The Morgan fingerprint density at radius 1 is 0.846 bits per heavy atom. The third-order valence-corrected chi connectivity index (χ3v) is 1.42. The van der Waals surface area contributed by atoms with Gasteiger partial charge >= 0.3 is 0 Å². The fourth-order valence-corrected chi connectivity index (χ4v) is 0.779. The first kappa shape index (κ1) is 9.68. The van der Waals surface area contributed by atoms with Crippen molar-refractivity contribution in [2.24, 2.45) is 0 Å². The van der Waals surface area contributed by atoms with Gasteiger partial charge in [0.2, 0.25) is 0 Å². The van der Waals surface area contributed by atoms with Gasteiger partial charge in [0.25, 0.3) is 0 Å². The fraction of sp³-hybridized carbons (Fsp3) is 0. The first-order valence-electron chi connectivity index (χ1n) is 3.74. The van der Waals surface area contributed by atoms with Crippen LogP contribution in [0.5, 0.6) is 0 Å². The zero-order chi connectivity index (χ0) is 9.36. The molecule has 1 aliphatic rings. The Hall–Kier alpha value is -1.41. The molecule has 1 heterocycles. The predicted molar refractivity (Wildman–Crippen MR) is 51.9 cm³/mol. The minimum atomic E-state index is 0.794. The number of hydrogen-bond acceptors (Lipinski definition) is 2. The lowest BCUT2D eigenvalue weighted by Crippen LogP contribution is -1.78. The third kappa shape index (κ3) is 4.93. The Labute approximate surface area is 82.0 Å². The van der Waals surface area contributed by atoms with Crippen molar-refractivity contribution in [2.45, 2.75) is 0 Å². The van der Waals surface area contributed by atoms with Crippen molar-refractivity contribution in [2.75, 3.05) is 0 Å². The maximum atomic E-state index is 5.54. The van der Waals surface area contributed by atoms with Crippen LogP contribution in [0.3, 0.4) is 0 Å². The molecule has 13 heavy (non-hydrogen) atoms. The van der Waals surface area contributed by atoms with E-state index in [9.17, 15) is 0 Å². The average molecular weight is 197 g/mol. The van der Waals surface area contributed by atoms with Gasteiger partial charge in [-0.05, 0) is 24.3 Å². The second-order valence-corrected chi connectivity index (χ2v) is 2.58. The van der Waals surface area contributed by atoms with Gasteiger partial charge in [-0.15, -0.1) is 0 Å². The van der Waals surface area contributed by atoms with Crippen molar-refractivity contribution in [1.82, 2.24) is 0 Å². The molecule has 0 bridgehead atoms. The minimum Gasteiger partial charge on any atom is -0.299 e. The van der Waals surface area contributed by atoms with Crippen LogP contribution in [0, 0.1) is 0 Å². The van der Waals surface area contributed by atoms with E-state index in [1.165, 1.54) is 12.5 Å². The normalized spacial score (nSPS) is 12.1. The molecule has 2 nitrogen and oxygen atoms in total. The van der Waals surface area contributed by atoms with Crippen LogP contribution in [-0.2, 0) is 9.78 Å². The minimum absolute atomic E-state index is 0.794. The second-order valence-electron chi connectivity index (χ2n) is 2.15. The van der Waals surface area contributed by atoms with Crippen LogP contribution >= 0.6 is 11.6 Å². The van der Waals surface area contributed by atoms with Gasteiger partial charge in [0.05, 0.1) is 0 Å².